The molecule has 9 heteroatoms. The molecule has 1 fully saturated rings. The molecule has 2 aliphatic rings. The van der Waals surface area contributed by atoms with Crippen LogP contribution in [0.5, 0.6) is 0 Å². The molecule has 0 unspecified atom stereocenters. The van der Waals surface area contributed by atoms with Gasteiger partial charge in [0.15, 0.2) is 0 Å². The maximum atomic E-state index is 13.0. The molecule has 2 aromatic carbocycles. The molecule has 0 aromatic heterocycles. The van der Waals surface area contributed by atoms with Gasteiger partial charge in [0, 0.05) is 31.7 Å². The molecule has 0 spiro atoms. The van der Waals surface area contributed by atoms with E-state index < -0.39 is 10.0 Å². The number of carbonyl (C=O) groups is 2. The van der Waals surface area contributed by atoms with Gasteiger partial charge in [-0.15, -0.1) is 0 Å². The van der Waals surface area contributed by atoms with Crippen molar-refractivity contribution in [2.24, 2.45) is 0 Å². The predicted molar refractivity (Wildman–Crippen MR) is 120 cm³/mol. The SMILES string of the molecule is Cc1ccc(CNC(=O)CN2C(=O)CCc3cc(S(=O)(=O)N4CCOCC4)ccc32)cc1. The second-order valence-electron chi connectivity index (χ2n) is 8.05. The Morgan fingerprint density at radius 1 is 1.06 bits per heavy atom. The van der Waals surface area contributed by atoms with Gasteiger partial charge in [0.2, 0.25) is 21.8 Å². The van der Waals surface area contributed by atoms with Crippen molar-refractivity contribution in [3.8, 4) is 0 Å². The fourth-order valence-electron chi connectivity index (χ4n) is 3.91. The molecule has 0 atom stereocenters. The summed E-state index contributed by atoms with van der Waals surface area (Å²) in [7, 11) is -3.62. The lowest BCUT2D eigenvalue weighted by atomic mass is 10.0. The number of hydrogen-bond donors (Lipinski definition) is 1. The van der Waals surface area contributed by atoms with Crippen LogP contribution in [-0.4, -0.2) is 57.4 Å². The number of fused-ring (bicyclic) bond motifs is 1. The molecule has 0 bridgehead atoms. The monoisotopic (exact) mass is 457 g/mol. The third-order valence-electron chi connectivity index (χ3n) is 5.77. The average molecular weight is 458 g/mol. The van der Waals surface area contributed by atoms with Crippen molar-refractivity contribution in [1.29, 1.82) is 0 Å². The van der Waals surface area contributed by atoms with Crippen molar-refractivity contribution in [2.75, 3.05) is 37.7 Å². The zero-order chi connectivity index (χ0) is 22.7. The summed E-state index contributed by atoms with van der Waals surface area (Å²) in [4.78, 5) is 26.7. The Balaban J connectivity index is 1.47. The molecule has 1 N–H and O–H groups in total. The van der Waals surface area contributed by atoms with Gasteiger partial charge in [-0.3, -0.25) is 9.59 Å². The normalized spacial score (nSPS) is 17.2. The van der Waals surface area contributed by atoms with Crippen LogP contribution in [0, 0.1) is 6.92 Å². The molecule has 2 heterocycles. The molecule has 0 saturated carbocycles. The topological polar surface area (TPSA) is 96.0 Å². The number of amides is 2. The Kier molecular flexibility index (Phi) is 6.59. The first-order valence-corrected chi connectivity index (χ1v) is 12.1. The van der Waals surface area contributed by atoms with Crippen LogP contribution in [-0.2, 0) is 37.3 Å². The van der Waals surface area contributed by atoms with E-state index >= 15 is 0 Å². The van der Waals surface area contributed by atoms with Crippen molar-refractivity contribution in [3.05, 3.63) is 59.2 Å². The highest BCUT2D eigenvalue weighted by atomic mass is 32.2. The number of morpholine rings is 1. The minimum atomic E-state index is -3.62. The third kappa shape index (κ3) is 4.85. The van der Waals surface area contributed by atoms with Crippen LogP contribution in [0.4, 0.5) is 5.69 Å². The van der Waals surface area contributed by atoms with Gasteiger partial charge in [-0.1, -0.05) is 29.8 Å². The second kappa shape index (κ2) is 9.40. The summed E-state index contributed by atoms with van der Waals surface area (Å²) < 4.78 is 32.6. The quantitative estimate of drug-likeness (QED) is 0.711. The number of benzene rings is 2. The molecule has 4 rings (SSSR count). The van der Waals surface area contributed by atoms with Gasteiger partial charge >= 0.3 is 0 Å². The molecule has 2 aliphatic heterocycles. The van der Waals surface area contributed by atoms with Crippen LogP contribution in [0.1, 0.15) is 23.1 Å². The molecule has 0 aliphatic carbocycles. The Labute approximate surface area is 188 Å². The fourth-order valence-corrected chi connectivity index (χ4v) is 5.37. The molecule has 1 saturated heterocycles. The lowest BCUT2D eigenvalue weighted by Crippen LogP contribution is -2.43. The smallest absolute Gasteiger partial charge is 0.243 e. The fraction of sp³-hybridized carbons (Fsp3) is 0.391. The number of sulfonamides is 1. The van der Waals surface area contributed by atoms with Crippen molar-refractivity contribution in [3.63, 3.8) is 0 Å². The van der Waals surface area contributed by atoms with E-state index in [9.17, 15) is 18.0 Å². The minimum Gasteiger partial charge on any atom is -0.379 e. The highest BCUT2D eigenvalue weighted by Crippen LogP contribution is 2.31. The number of nitrogens with zero attached hydrogens (tertiary/aromatic N) is 2. The first-order valence-electron chi connectivity index (χ1n) is 10.7. The first kappa shape index (κ1) is 22.4. The van der Waals surface area contributed by atoms with E-state index in [0.717, 1.165) is 16.7 Å². The molecule has 2 aromatic rings. The van der Waals surface area contributed by atoms with Crippen molar-refractivity contribution < 1.29 is 22.7 Å². The molecule has 32 heavy (non-hydrogen) atoms. The van der Waals surface area contributed by atoms with Crippen molar-refractivity contribution >= 4 is 27.5 Å². The molecule has 8 nitrogen and oxygen atoms in total. The van der Waals surface area contributed by atoms with Gasteiger partial charge < -0.3 is 15.0 Å². The van der Waals surface area contributed by atoms with Crippen LogP contribution >= 0.6 is 0 Å². The highest BCUT2D eigenvalue weighted by molar-refractivity contribution is 7.89. The number of anilines is 1. The van der Waals surface area contributed by atoms with Gasteiger partial charge in [-0.05, 0) is 42.7 Å². The maximum Gasteiger partial charge on any atom is 0.243 e. The minimum absolute atomic E-state index is 0.104. The summed E-state index contributed by atoms with van der Waals surface area (Å²) in [5, 5.41) is 2.85. The van der Waals surface area contributed by atoms with E-state index in [-0.39, 0.29) is 29.7 Å². The van der Waals surface area contributed by atoms with Gasteiger partial charge in [-0.25, -0.2) is 8.42 Å². The molecule has 0 radical (unpaired) electrons. The Morgan fingerprint density at radius 2 is 1.78 bits per heavy atom. The maximum absolute atomic E-state index is 13.0. The first-order chi connectivity index (χ1) is 15.3. The Morgan fingerprint density at radius 3 is 2.50 bits per heavy atom. The van der Waals surface area contributed by atoms with Crippen LogP contribution in [0.25, 0.3) is 0 Å². The highest BCUT2D eigenvalue weighted by Gasteiger charge is 2.30. The number of nitrogens with one attached hydrogen (secondary N) is 1. The molecule has 170 valence electrons. The van der Waals surface area contributed by atoms with E-state index in [1.807, 2.05) is 31.2 Å². The molecular formula is C23H27N3O5S. The summed E-state index contributed by atoms with van der Waals surface area (Å²) in [5.74, 6) is -0.413. The van der Waals surface area contributed by atoms with Crippen molar-refractivity contribution in [1.82, 2.24) is 9.62 Å². The molecular weight excluding hydrogens is 430 g/mol. The summed E-state index contributed by atoms with van der Waals surface area (Å²) in [6.45, 7) is 3.68. The number of hydrogen-bond acceptors (Lipinski definition) is 5. The van der Waals surface area contributed by atoms with E-state index in [1.165, 1.54) is 15.3 Å². The number of aryl methyl sites for hydroxylation is 2. The summed E-state index contributed by atoms with van der Waals surface area (Å²) in [6, 6.07) is 12.6. The van der Waals surface area contributed by atoms with Crippen LogP contribution < -0.4 is 10.2 Å². The van der Waals surface area contributed by atoms with Crippen LogP contribution in [0.15, 0.2) is 47.4 Å². The summed E-state index contributed by atoms with van der Waals surface area (Å²) >= 11 is 0. The van der Waals surface area contributed by atoms with Gasteiger partial charge in [-0.2, -0.15) is 4.31 Å². The average Bonchev–Trinajstić information content (AvgIpc) is 2.81. The molecule has 2 amide bonds. The second-order valence-corrected chi connectivity index (χ2v) is 9.99. The van der Waals surface area contributed by atoms with Crippen LogP contribution in [0.3, 0.4) is 0 Å². The standard InChI is InChI=1S/C23H27N3O5S/c1-17-2-4-18(5-3-17)15-24-22(27)16-26-21-8-7-20(14-19(21)6-9-23(26)28)32(29,30)25-10-12-31-13-11-25/h2-5,7-8,14H,6,9-13,15-16H2,1H3,(H,24,27). The van der Waals surface area contributed by atoms with E-state index in [0.29, 0.717) is 45.0 Å². The van der Waals surface area contributed by atoms with Gasteiger partial charge in [0.05, 0.1) is 18.1 Å². The van der Waals surface area contributed by atoms with E-state index in [1.54, 1.807) is 12.1 Å². The van der Waals surface area contributed by atoms with Gasteiger partial charge in [0.25, 0.3) is 0 Å². The number of carbonyl (C=O) groups excluding carboxylic acids is 2. The number of ether oxygens (including phenoxy) is 1. The lowest BCUT2D eigenvalue weighted by molar-refractivity contribution is -0.124. The zero-order valence-corrected chi connectivity index (χ0v) is 18.9. The zero-order valence-electron chi connectivity index (χ0n) is 18.0. The van der Waals surface area contributed by atoms with Crippen molar-refractivity contribution in [2.45, 2.75) is 31.2 Å². The predicted octanol–water partition coefficient (Wildman–Crippen LogP) is 1.61. The van der Waals surface area contributed by atoms with Gasteiger partial charge in [0.1, 0.15) is 6.54 Å². The Hall–Kier alpha value is -2.75. The summed E-state index contributed by atoms with van der Waals surface area (Å²) in [5.41, 5.74) is 3.47. The lowest BCUT2D eigenvalue weighted by Gasteiger charge is -2.30. The van der Waals surface area contributed by atoms with E-state index in [4.69, 9.17) is 4.74 Å². The Bertz CT molecular complexity index is 1110. The summed E-state index contributed by atoms with van der Waals surface area (Å²) in [6.07, 6.45) is 0.682. The largest absolute Gasteiger partial charge is 0.379 e. The van der Waals surface area contributed by atoms with Crippen LogP contribution in [0.2, 0.25) is 0 Å². The van der Waals surface area contributed by atoms with E-state index in [2.05, 4.69) is 5.32 Å². The third-order valence-corrected chi connectivity index (χ3v) is 7.67. The number of rotatable bonds is 6.